The molecule has 0 heterocycles. The fraction of sp³-hybridized carbons (Fsp3) is 0.714. The summed E-state index contributed by atoms with van der Waals surface area (Å²) in [7, 11) is 0. The van der Waals surface area contributed by atoms with Crippen LogP contribution in [-0.4, -0.2) is 114 Å². The van der Waals surface area contributed by atoms with Gasteiger partial charge in [0.1, 0.15) is 30.2 Å². The Morgan fingerprint density at radius 1 is 0.646 bits per heavy atom. The summed E-state index contributed by atoms with van der Waals surface area (Å²) >= 11 is 0. The minimum atomic E-state index is -1.48. The zero-order valence-corrected chi connectivity index (χ0v) is 27.8. The Hall–Kier alpha value is -4.72. The first-order chi connectivity index (χ1) is 22.5. The van der Waals surface area contributed by atoms with Crippen molar-refractivity contribution in [3.05, 3.63) is 0 Å². The Morgan fingerprint density at radius 2 is 1.06 bits per heavy atom. The number of carboxylic acid groups (broad SMARTS) is 1. The van der Waals surface area contributed by atoms with Gasteiger partial charge < -0.3 is 64.6 Å². The predicted octanol–water partition coefficient (Wildman–Crippen LogP) is -4.18. The van der Waals surface area contributed by atoms with E-state index in [4.69, 9.17) is 28.0 Å². The molecule has 0 saturated heterocycles. The van der Waals surface area contributed by atoms with Crippen LogP contribution < -0.4 is 54.4 Å². The van der Waals surface area contributed by atoms with Gasteiger partial charge in [0, 0.05) is 20.0 Å². The number of rotatable bonds is 24. The van der Waals surface area contributed by atoms with Crippen LogP contribution in [0, 0.1) is 16.7 Å². The van der Waals surface area contributed by atoms with Gasteiger partial charge in [-0.3, -0.25) is 34.8 Å². The molecule has 5 amide bonds. The molecule has 274 valence electrons. The molecule has 0 fully saturated rings. The highest BCUT2D eigenvalue weighted by atomic mass is 16.4. The monoisotopic (exact) mass is 686 g/mol. The number of amides is 5. The highest BCUT2D eigenvalue weighted by Crippen LogP contribution is 2.07. The maximum absolute atomic E-state index is 13.5. The average Bonchev–Trinajstić information content (AvgIpc) is 3.00. The van der Waals surface area contributed by atoms with Gasteiger partial charge >= 0.3 is 5.97 Å². The third-order valence-electron chi connectivity index (χ3n) is 6.92. The van der Waals surface area contributed by atoms with E-state index in [1.54, 1.807) is 13.8 Å². The van der Waals surface area contributed by atoms with Crippen LogP contribution in [0.1, 0.15) is 65.7 Å². The smallest absolute Gasteiger partial charge is 0.326 e. The molecule has 0 saturated carbocycles. The molecule has 0 aliphatic carbocycles. The molecule has 20 heteroatoms. The first-order valence-electron chi connectivity index (χ1n) is 15.7. The van der Waals surface area contributed by atoms with Crippen LogP contribution in [0.3, 0.4) is 0 Å². The molecule has 0 aromatic heterocycles. The molecule has 0 radical (unpaired) electrons. The van der Waals surface area contributed by atoms with E-state index >= 15 is 0 Å². The summed E-state index contributed by atoms with van der Waals surface area (Å²) in [6.45, 7) is 4.41. The van der Waals surface area contributed by atoms with Crippen molar-refractivity contribution in [1.82, 2.24) is 37.2 Å². The minimum Gasteiger partial charge on any atom is -0.480 e. The molecule has 0 aromatic rings. The standard InChI is InChI=1S/C28H54N12O8/c1-15(2)21(36-16(3)42)25(46)40-20(14-41)24(45)38-17(8-4-5-11-29)22(43)37-18(9-6-12-34-27(30)31)23(44)39-19(26(47)48)10-7-13-35-28(32)33/h15,17-21,41H,4-14,29H2,1-3H3,(H,36,42)(H,37,43)(H,38,45)(H,39,44)(H,40,46)(H,47,48)(H4,30,31,34)(H4,32,33,35)/t17-,18-,19-,20-,21-/m0/s1. The summed E-state index contributed by atoms with van der Waals surface area (Å²) in [4.78, 5) is 76.2. The van der Waals surface area contributed by atoms with Crippen molar-refractivity contribution in [3.63, 3.8) is 0 Å². The Balaban J connectivity index is 5.94. The highest BCUT2D eigenvalue weighted by molar-refractivity contribution is 5.96. The Labute approximate surface area is 279 Å². The van der Waals surface area contributed by atoms with Crippen molar-refractivity contribution in [2.75, 3.05) is 26.2 Å². The third kappa shape index (κ3) is 18.4. The number of aliphatic hydroxyl groups is 1. The van der Waals surface area contributed by atoms with Crippen LogP contribution in [0.25, 0.3) is 0 Å². The number of carboxylic acids is 1. The van der Waals surface area contributed by atoms with Gasteiger partial charge in [-0.15, -0.1) is 0 Å². The summed E-state index contributed by atoms with van der Waals surface area (Å²) in [6, 6.07) is -6.32. The Kier molecular flexibility index (Phi) is 21.3. The Bertz CT molecular complexity index is 1110. The third-order valence-corrected chi connectivity index (χ3v) is 6.92. The molecule has 0 aliphatic rings. The summed E-state index contributed by atoms with van der Waals surface area (Å²) in [5.74, 6) is -5.98. The maximum Gasteiger partial charge on any atom is 0.326 e. The maximum atomic E-state index is 13.5. The van der Waals surface area contributed by atoms with Gasteiger partial charge in [0.2, 0.25) is 29.5 Å². The van der Waals surface area contributed by atoms with Crippen molar-refractivity contribution in [2.24, 2.45) is 23.1 Å². The summed E-state index contributed by atoms with van der Waals surface area (Å²) in [6.07, 6.45) is 1.41. The number of hydrogen-bond donors (Lipinski definition) is 14. The van der Waals surface area contributed by atoms with E-state index in [9.17, 15) is 39.0 Å². The number of guanidine groups is 2. The lowest BCUT2D eigenvalue weighted by molar-refractivity contribution is -0.142. The molecule has 0 rings (SSSR count). The van der Waals surface area contributed by atoms with Crippen LogP contribution in [0.4, 0.5) is 0 Å². The minimum absolute atomic E-state index is 0.00534. The van der Waals surface area contributed by atoms with Crippen molar-refractivity contribution in [1.29, 1.82) is 10.8 Å². The van der Waals surface area contributed by atoms with E-state index in [0.717, 1.165) is 0 Å². The van der Waals surface area contributed by atoms with E-state index < -0.39 is 72.3 Å². The lowest BCUT2D eigenvalue weighted by Gasteiger charge is -2.27. The molecule has 0 unspecified atom stereocenters. The quantitative estimate of drug-likeness (QED) is 0.0261. The zero-order chi connectivity index (χ0) is 36.8. The molecule has 0 spiro atoms. The lowest BCUT2D eigenvalue weighted by atomic mass is 10.0. The number of unbranched alkanes of at least 4 members (excludes halogenated alkanes) is 1. The van der Waals surface area contributed by atoms with Gasteiger partial charge in [-0.1, -0.05) is 13.8 Å². The highest BCUT2D eigenvalue weighted by Gasteiger charge is 2.32. The van der Waals surface area contributed by atoms with Crippen LogP contribution >= 0.6 is 0 Å². The molecule has 0 bridgehead atoms. The van der Waals surface area contributed by atoms with E-state index in [1.165, 1.54) is 6.92 Å². The van der Waals surface area contributed by atoms with Gasteiger partial charge in [0.25, 0.3) is 0 Å². The van der Waals surface area contributed by atoms with Crippen molar-refractivity contribution >= 4 is 47.4 Å². The first kappa shape index (κ1) is 43.3. The second-order valence-corrected chi connectivity index (χ2v) is 11.4. The zero-order valence-electron chi connectivity index (χ0n) is 27.8. The predicted molar refractivity (Wildman–Crippen MR) is 176 cm³/mol. The first-order valence-corrected chi connectivity index (χ1v) is 15.7. The molecule has 17 N–H and O–H groups in total. The van der Waals surface area contributed by atoms with Crippen LogP contribution in [0.5, 0.6) is 0 Å². The number of carbonyl (C=O) groups excluding carboxylic acids is 5. The van der Waals surface area contributed by atoms with E-state index in [-0.39, 0.29) is 63.0 Å². The summed E-state index contributed by atoms with van der Waals surface area (Å²) < 4.78 is 0. The van der Waals surface area contributed by atoms with E-state index in [2.05, 4.69) is 37.2 Å². The fourth-order valence-corrected chi connectivity index (χ4v) is 4.37. The van der Waals surface area contributed by atoms with Crippen LogP contribution in [-0.2, 0) is 28.8 Å². The van der Waals surface area contributed by atoms with Gasteiger partial charge in [0.15, 0.2) is 11.9 Å². The van der Waals surface area contributed by atoms with Crippen LogP contribution in [0.15, 0.2) is 0 Å². The van der Waals surface area contributed by atoms with Crippen molar-refractivity contribution < 1.29 is 39.0 Å². The SMILES string of the molecule is CC(=O)N[C@H](C(=O)N[C@@H](CO)C(=O)N[C@@H](CCCCN)C(=O)N[C@@H](CCCNC(=N)N)C(=O)N[C@@H](CCCNC(=N)N)C(=O)O)C(C)C. The average molecular weight is 687 g/mol. The summed E-state index contributed by atoms with van der Waals surface area (Å²) in [5.41, 5.74) is 16.1. The number of nitrogens with one attached hydrogen (secondary N) is 9. The number of aliphatic carboxylic acids is 1. The second kappa shape index (κ2) is 23.6. The van der Waals surface area contributed by atoms with Gasteiger partial charge in [-0.2, -0.15) is 0 Å². The van der Waals surface area contributed by atoms with Gasteiger partial charge in [0.05, 0.1) is 6.61 Å². The largest absolute Gasteiger partial charge is 0.480 e. The molecule has 48 heavy (non-hydrogen) atoms. The molecular weight excluding hydrogens is 632 g/mol. The fourth-order valence-electron chi connectivity index (χ4n) is 4.37. The molecule has 20 nitrogen and oxygen atoms in total. The van der Waals surface area contributed by atoms with Gasteiger partial charge in [-0.25, -0.2) is 4.79 Å². The normalized spacial score (nSPS) is 13.9. The van der Waals surface area contributed by atoms with Crippen molar-refractivity contribution in [3.8, 4) is 0 Å². The Morgan fingerprint density at radius 3 is 1.46 bits per heavy atom. The molecule has 5 atom stereocenters. The van der Waals surface area contributed by atoms with E-state index in [0.29, 0.717) is 19.4 Å². The van der Waals surface area contributed by atoms with E-state index in [1.807, 2.05) is 0 Å². The number of aliphatic hydroxyl groups excluding tert-OH is 1. The number of carbonyl (C=O) groups is 6. The molecule has 0 aromatic carbocycles. The van der Waals surface area contributed by atoms with Crippen molar-refractivity contribution in [2.45, 2.75) is 95.9 Å². The molecule has 0 aliphatic heterocycles. The summed E-state index contributed by atoms with van der Waals surface area (Å²) in [5, 5.41) is 51.5. The van der Waals surface area contributed by atoms with Gasteiger partial charge in [-0.05, 0) is 57.4 Å². The van der Waals surface area contributed by atoms with Crippen LogP contribution in [0.2, 0.25) is 0 Å². The number of nitrogens with two attached hydrogens (primary N) is 3. The lowest BCUT2D eigenvalue weighted by Crippen LogP contribution is -2.60. The topological polar surface area (TPSA) is 353 Å². The molecular formula is C28H54N12O8. The second-order valence-electron chi connectivity index (χ2n) is 11.4. The number of hydrogen-bond acceptors (Lipinski definition) is 10.